The molecule has 2 amide bonds. The van der Waals surface area contributed by atoms with Gasteiger partial charge in [-0.2, -0.15) is 0 Å². The van der Waals surface area contributed by atoms with Gasteiger partial charge in [-0.3, -0.25) is 14.5 Å². The Morgan fingerprint density at radius 3 is 2.21 bits per heavy atom. The van der Waals surface area contributed by atoms with Gasteiger partial charge in [0.05, 0.1) is 6.04 Å². The Hall–Kier alpha value is -2.18. The SMILES string of the molecule is CCN(CC)C(CNC(=O)CCNC(=O)c1ccc(Br)cc1)c1ccccc1. The second kappa shape index (κ2) is 11.6. The highest BCUT2D eigenvalue weighted by Crippen LogP contribution is 2.19. The van der Waals surface area contributed by atoms with Gasteiger partial charge < -0.3 is 10.6 Å². The van der Waals surface area contributed by atoms with Crippen LogP contribution in [0.15, 0.2) is 59.1 Å². The van der Waals surface area contributed by atoms with E-state index in [2.05, 4.69) is 57.4 Å². The summed E-state index contributed by atoms with van der Waals surface area (Å²) in [5, 5.41) is 5.80. The summed E-state index contributed by atoms with van der Waals surface area (Å²) in [5.41, 5.74) is 1.77. The summed E-state index contributed by atoms with van der Waals surface area (Å²) in [6, 6.07) is 17.5. The summed E-state index contributed by atoms with van der Waals surface area (Å²) in [5.74, 6) is -0.241. The minimum Gasteiger partial charge on any atom is -0.354 e. The molecule has 6 heteroatoms. The molecule has 2 N–H and O–H groups in total. The summed E-state index contributed by atoms with van der Waals surface area (Å²) in [4.78, 5) is 26.7. The topological polar surface area (TPSA) is 61.4 Å². The molecule has 2 aromatic rings. The van der Waals surface area contributed by atoms with E-state index in [9.17, 15) is 9.59 Å². The molecular weight excluding hydrogens is 418 g/mol. The van der Waals surface area contributed by atoms with E-state index >= 15 is 0 Å². The van der Waals surface area contributed by atoms with Crippen molar-refractivity contribution >= 4 is 27.7 Å². The van der Waals surface area contributed by atoms with Crippen LogP contribution in [0.1, 0.15) is 42.2 Å². The van der Waals surface area contributed by atoms with Crippen molar-refractivity contribution < 1.29 is 9.59 Å². The molecule has 0 aliphatic carbocycles. The van der Waals surface area contributed by atoms with Crippen LogP contribution in [-0.2, 0) is 4.79 Å². The smallest absolute Gasteiger partial charge is 0.251 e. The monoisotopic (exact) mass is 445 g/mol. The lowest BCUT2D eigenvalue weighted by molar-refractivity contribution is -0.121. The average Bonchev–Trinajstić information content (AvgIpc) is 2.72. The maximum Gasteiger partial charge on any atom is 0.251 e. The highest BCUT2D eigenvalue weighted by molar-refractivity contribution is 9.10. The molecule has 0 saturated carbocycles. The van der Waals surface area contributed by atoms with Crippen LogP contribution < -0.4 is 10.6 Å². The summed E-state index contributed by atoms with van der Waals surface area (Å²) >= 11 is 3.34. The summed E-state index contributed by atoms with van der Waals surface area (Å²) in [6.45, 7) is 6.93. The van der Waals surface area contributed by atoms with Gasteiger partial charge in [-0.25, -0.2) is 0 Å². The molecule has 0 radical (unpaired) electrons. The first-order valence-corrected chi connectivity index (χ1v) is 10.4. The zero-order valence-electron chi connectivity index (χ0n) is 16.5. The summed E-state index contributed by atoms with van der Waals surface area (Å²) < 4.78 is 0.921. The Morgan fingerprint density at radius 2 is 1.61 bits per heavy atom. The Kier molecular flexibility index (Phi) is 9.17. The van der Waals surface area contributed by atoms with Crippen molar-refractivity contribution in [2.45, 2.75) is 26.3 Å². The highest BCUT2D eigenvalue weighted by Gasteiger charge is 2.18. The van der Waals surface area contributed by atoms with E-state index in [0.717, 1.165) is 17.6 Å². The molecule has 0 heterocycles. The van der Waals surface area contributed by atoms with Gasteiger partial charge in [0.2, 0.25) is 5.91 Å². The minimum atomic E-state index is -0.175. The first-order chi connectivity index (χ1) is 13.5. The van der Waals surface area contributed by atoms with Crippen molar-refractivity contribution in [2.75, 3.05) is 26.2 Å². The van der Waals surface area contributed by atoms with Gasteiger partial charge in [0.15, 0.2) is 0 Å². The zero-order chi connectivity index (χ0) is 20.4. The standard InChI is InChI=1S/C22H28BrN3O2/c1-3-26(4-2)20(17-8-6-5-7-9-17)16-25-21(27)14-15-24-22(28)18-10-12-19(23)13-11-18/h5-13,20H,3-4,14-16H2,1-2H3,(H,24,28)(H,25,27). The molecule has 0 fully saturated rings. The molecule has 1 unspecified atom stereocenters. The first-order valence-electron chi connectivity index (χ1n) is 9.64. The summed E-state index contributed by atoms with van der Waals surface area (Å²) in [7, 11) is 0. The molecule has 2 rings (SSSR count). The van der Waals surface area contributed by atoms with Crippen molar-refractivity contribution in [3.8, 4) is 0 Å². The van der Waals surface area contributed by atoms with Crippen molar-refractivity contribution in [2.24, 2.45) is 0 Å². The number of carbonyl (C=O) groups excluding carboxylic acids is 2. The fourth-order valence-electron chi connectivity index (χ4n) is 3.09. The number of amides is 2. The number of rotatable bonds is 10. The largest absolute Gasteiger partial charge is 0.354 e. The second-order valence-corrected chi connectivity index (χ2v) is 7.38. The molecule has 5 nitrogen and oxygen atoms in total. The number of likely N-dealkylation sites (N-methyl/N-ethyl adjacent to an activating group) is 1. The van der Waals surface area contributed by atoms with Gasteiger partial charge in [0.25, 0.3) is 5.91 Å². The highest BCUT2D eigenvalue weighted by atomic mass is 79.9. The number of nitrogens with zero attached hydrogens (tertiary/aromatic N) is 1. The molecule has 0 saturated heterocycles. The first kappa shape index (κ1) is 22.1. The maximum atomic E-state index is 12.3. The predicted molar refractivity (Wildman–Crippen MR) is 116 cm³/mol. The van der Waals surface area contributed by atoms with Crippen molar-refractivity contribution in [3.63, 3.8) is 0 Å². The zero-order valence-corrected chi connectivity index (χ0v) is 18.0. The van der Waals surface area contributed by atoms with Crippen molar-refractivity contribution in [3.05, 3.63) is 70.2 Å². The van der Waals surface area contributed by atoms with Crippen LogP contribution in [0.4, 0.5) is 0 Å². The molecule has 0 aliphatic rings. The minimum absolute atomic E-state index is 0.0656. The van der Waals surface area contributed by atoms with E-state index in [-0.39, 0.29) is 24.3 Å². The van der Waals surface area contributed by atoms with E-state index in [1.165, 1.54) is 5.56 Å². The normalized spacial score (nSPS) is 11.9. The molecule has 0 spiro atoms. The lowest BCUT2D eigenvalue weighted by atomic mass is 10.1. The van der Waals surface area contributed by atoms with Gasteiger partial charge in [-0.1, -0.05) is 60.1 Å². The predicted octanol–water partition coefficient (Wildman–Crippen LogP) is 3.77. The Bertz CT molecular complexity index is 746. The van der Waals surface area contributed by atoms with Crippen LogP contribution >= 0.6 is 15.9 Å². The molecule has 2 aromatic carbocycles. The third-order valence-electron chi connectivity index (χ3n) is 4.67. The van der Waals surface area contributed by atoms with Gasteiger partial charge in [-0.15, -0.1) is 0 Å². The van der Waals surface area contributed by atoms with E-state index < -0.39 is 0 Å². The molecule has 0 aliphatic heterocycles. The van der Waals surface area contributed by atoms with Gasteiger partial charge in [-0.05, 0) is 42.9 Å². The van der Waals surface area contributed by atoms with Crippen LogP contribution in [0, 0.1) is 0 Å². The molecule has 150 valence electrons. The van der Waals surface area contributed by atoms with E-state index in [0.29, 0.717) is 18.7 Å². The summed E-state index contributed by atoms with van der Waals surface area (Å²) in [6.07, 6.45) is 0.252. The van der Waals surface area contributed by atoms with Crippen LogP contribution in [0.2, 0.25) is 0 Å². The number of hydrogen-bond donors (Lipinski definition) is 2. The van der Waals surface area contributed by atoms with Crippen LogP contribution in [0.5, 0.6) is 0 Å². The maximum absolute atomic E-state index is 12.3. The molecule has 1 atom stereocenters. The van der Waals surface area contributed by atoms with Gasteiger partial charge in [0.1, 0.15) is 0 Å². The number of carbonyl (C=O) groups is 2. The Morgan fingerprint density at radius 1 is 0.964 bits per heavy atom. The number of hydrogen-bond acceptors (Lipinski definition) is 3. The molecule has 28 heavy (non-hydrogen) atoms. The average molecular weight is 446 g/mol. The van der Waals surface area contributed by atoms with Crippen molar-refractivity contribution in [1.82, 2.24) is 15.5 Å². The fraction of sp³-hybridized carbons (Fsp3) is 0.364. The van der Waals surface area contributed by atoms with Crippen molar-refractivity contribution in [1.29, 1.82) is 0 Å². The number of halogens is 1. The Balaban J connectivity index is 1.82. The molecule has 0 bridgehead atoms. The third-order valence-corrected chi connectivity index (χ3v) is 5.20. The van der Waals surface area contributed by atoms with E-state index in [1.807, 2.05) is 30.3 Å². The van der Waals surface area contributed by atoms with E-state index in [1.54, 1.807) is 12.1 Å². The van der Waals surface area contributed by atoms with Crippen LogP contribution in [0.25, 0.3) is 0 Å². The third kappa shape index (κ3) is 6.77. The Labute approximate surface area is 175 Å². The van der Waals surface area contributed by atoms with Gasteiger partial charge in [0, 0.05) is 29.5 Å². The molecule has 0 aromatic heterocycles. The fourth-order valence-corrected chi connectivity index (χ4v) is 3.35. The van der Waals surface area contributed by atoms with E-state index in [4.69, 9.17) is 0 Å². The quantitative estimate of drug-likeness (QED) is 0.584. The van der Waals surface area contributed by atoms with Crippen LogP contribution in [0.3, 0.4) is 0 Å². The van der Waals surface area contributed by atoms with Crippen LogP contribution in [-0.4, -0.2) is 42.9 Å². The number of nitrogens with one attached hydrogen (secondary N) is 2. The second-order valence-electron chi connectivity index (χ2n) is 6.46. The lowest BCUT2D eigenvalue weighted by Crippen LogP contribution is -2.39. The van der Waals surface area contributed by atoms with Gasteiger partial charge >= 0.3 is 0 Å². The lowest BCUT2D eigenvalue weighted by Gasteiger charge is -2.30. The number of benzene rings is 2. The molecular formula is C22H28BrN3O2.